The molecular formula is C19H17ClF2N2O2. The molecule has 0 spiro atoms. The molecule has 0 aromatic heterocycles. The number of para-hydroxylation sites is 1. The van der Waals surface area contributed by atoms with Crippen molar-refractivity contribution >= 4 is 34.8 Å². The highest BCUT2D eigenvalue weighted by Crippen LogP contribution is 2.35. The average Bonchev–Trinajstić information content (AvgIpc) is 2.92. The third kappa shape index (κ3) is 3.42. The first kappa shape index (κ1) is 18.3. The number of aryl methyl sites for hydroxylation is 2. The van der Waals surface area contributed by atoms with Crippen molar-refractivity contribution in [1.82, 2.24) is 0 Å². The number of nitrogens with zero attached hydrogens (tertiary/aromatic N) is 1. The van der Waals surface area contributed by atoms with E-state index in [1.165, 1.54) is 11.0 Å². The number of carbonyl (C=O) groups excluding carboxylic acids is 2. The summed E-state index contributed by atoms with van der Waals surface area (Å²) in [6.07, 6.45) is -0.0500. The van der Waals surface area contributed by atoms with Crippen molar-refractivity contribution in [3.8, 4) is 0 Å². The third-order valence-electron chi connectivity index (χ3n) is 4.38. The molecule has 0 radical (unpaired) electrons. The number of benzene rings is 2. The van der Waals surface area contributed by atoms with Crippen LogP contribution in [0.4, 0.5) is 20.2 Å². The molecule has 1 saturated heterocycles. The lowest BCUT2D eigenvalue weighted by Crippen LogP contribution is -2.29. The van der Waals surface area contributed by atoms with Gasteiger partial charge in [0.15, 0.2) is 0 Å². The molecule has 3 rings (SSSR count). The Morgan fingerprint density at radius 2 is 1.88 bits per heavy atom. The fourth-order valence-corrected chi connectivity index (χ4v) is 3.61. The molecule has 0 saturated carbocycles. The van der Waals surface area contributed by atoms with Gasteiger partial charge in [0, 0.05) is 13.0 Å². The first-order valence-corrected chi connectivity index (χ1v) is 8.47. The summed E-state index contributed by atoms with van der Waals surface area (Å²) in [7, 11) is 0. The maximum absolute atomic E-state index is 13.7. The number of nitrogens with one attached hydrogen (secondary N) is 1. The fourth-order valence-electron chi connectivity index (χ4n) is 3.19. The molecule has 1 aliphatic rings. The lowest BCUT2D eigenvalue weighted by molar-refractivity contribution is -0.122. The Labute approximate surface area is 154 Å². The van der Waals surface area contributed by atoms with Gasteiger partial charge in [-0.05, 0) is 43.2 Å². The third-order valence-corrected chi connectivity index (χ3v) is 4.66. The maximum atomic E-state index is 13.7. The molecule has 2 aromatic carbocycles. The topological polar surface area (TPSA) is 49.4 Å². The number of anilines is 2. The van der Waals surface area contributed by atoms with Crippen molar-refractivity contribution in [1.29, 1.82) is 0 Å². The van der Waals surface area contributed by atoms with Gasteiger partial charge in [-0.1, -0.05) is 23.7 Å². The van der Waals surface area contributed by atoms with Crippen LogP contribution in [0.1, 0.15) is 17.5 Å². The van der Waals surface area contributed by atoms with E-state index in [1.807, 2.05) is 19.9 Å². The zero-order valence-corrected chi connectivity index (χ0v) is 15.0. The number of carbonyl (C=O) groups is 2. The molecule has 2 amide bonds. The first-order chi connectivity index (χ1) is 12.3. The quantitative estimate of drug-likeness (QED) is 0.869. The van der Waals surface area contributed by atoms with Crippen molar-refractivity contribution in [2.24, 2.45) is 5.92 Å². The zero-order valence-electron chi connectivity index (χ0n) is 14.3. The van der Waals surface area contributed by atoms with Crippen molar-refractivity contribution in [2.45, 2.75) is 20.3 Å². The summed E-state index contributed by atoms with van der Waals surface area (Å²) >= 11 is 6.29. The van der Waals surface area contributed by atoms with Crippen LogP contribution in [0, 0.1) is 31.4 Å². The highest BCUT2D eigenvalue weighted by Gasteiger charge is 2.37. The van der Waals surface area contributed by atoms with E-state index in [4.69, 9.17) is 11.6 Å². The van der Waals surface area contributed by atoms with Gasteiger partial charge in [-0.2, -0.15) is 0 Å². The van der Waals surface area contributed by atoms with Gasteiger partial charge in [-0.15, -0.1) is 0 Å². The molecule has 1 unspecified atom stereocenters. The van der Waals surface area contributed by atoms with Crippen LogP contribution < -0.4 is 10.2 Å². The molecule has 1 N–H and O–H groups in total. The number of rotatable bonds is 3. The molecule has 4 nitrogen and oxygen atoms in total. The Morgan fingerprint density at radius 3 is 2.50 bits per heavy atom. The van der Waals surface area contributed by atoms with Crippen LogP contribution >= 0.6 is 11.6 Å². The van der Waals surface area contributed by atoms with Gasteiger partial charge < -0.3 is 10.2 Å². The van der Waals surface area contributed by atoms with Crippen LogP contribution in [-0.2, 0) is 9.59 Å². The Kier molecular flexibility index (Phi) is 4.96. The second-order valence-corrected chi connectivity index (χ2v) is 6.81. The van der Waals surface area contributed by atoms with Gasteiger partial charge in [-0.25, -0.2) is 8.78 Å². The van der Waals surface area contributed by atoms with Gasteiger partial charge >= 0.3 is 0 Å². The largest absolute Gasteiger partial charge is 0.321 e. The smallest absolute Gasteiger partial charge is 0.229 e. The minimum Gasteiger partial charge on any atom is -0.321 e. The van der Waals surface area contributed by atoms with E-state index in [0.717, 1.165) is 23.3 Å². The van der Waals surface area contributed by atoms with Crippen LogP contribution in [-0.4, -0.2) is 18.4 Å². The van der Waals surface area contributed by atoms with Crippen LogP contribution in [0.25, 0.3) is 0 Å². The highest BCUT2D eigenvalue weighted by molar-refractivity contribution is 6.34. The predicted octanol–water partition coefficient (Wildman–Crippen LogP) is 4.23. The lowest BCUT2D eigenvalue weighted by Gasteiger charge is -2.21. The summed E-state index contributed by atoms with van der Waals surface area (Å²) in [6.45, 7) is 3.83. The Balaban J connectivity index is 1.81. The fraction of sp³-hybridized carbons (Fsp3) is 0.263. The molecule has 1 heterocycles. The number of hydrogen-bond acceptors (Lipinski definition) is 2. The minimum atomic E-state index is -0.864. The second kappa shape index (κ2) is 7.03. The van der Waals surface area contributed by atoms with Gasteiger partial charge in [0.25, 0.3) is 0 Å². The lowest BCUT2D eigenvalue weighted by atomic mass is 10.1. The summed E-state index contributed by atoms with van der Waals surface area (Å²) in [5.74, 6) is -3.31. The SMILES string of the molecule is Cc1cc(C)c(N2CC(C(=O)Nc3c(F)cccc3F)CC2=O)c(Cl)c1. The predicted molar refractivity (Wildman–Crippen MR) is 96.4 cm³/mol. The molecule has 2 aromatic rings. The Bertz CT molecular complexity index is 858. The van der Waals surface area contributed by atoms with Crippen LogP contribution in [0.3, 0.4) is 0 Å². The standard InChI is InChI=1S/C19H17ClF2N2O2/c1-10-6-11(2)18(13(20)7-10)24-9-12(8-16(24)25)19(26)23-17-14(21)4-3-5-15(17)22/h3-7,12H,8-9H2,1-2H3,(H,23,26). The van der Waals surface area contributed by atoms with Gasteiger partial charge in [0.2, 0.25) is 11.8 Å². The molecule has 0 aliphatic carbocycles. The van der Waals surface area contributed by atoms with Crippen molar-refractivity contribution in [3.05, 3.63) is 58.1 Å². The van der Waals surface area contributed by atoms with E-state index in [1.54, 1.807) is 6.07 Å². The van der Waals surface area contributed by atoms with E-state index in [0.29, 0.717) is 10.7 Å². The molecule has 0 bridgehead atoms. The molecular weight excluding hydrogens is 362 g/mol. The van der Waals surface area contributed by atoms with E-state index in [9.17, 15) is 18.4 Å². The molecule has 1 fully saturated rings. The second-order valence-electron chi connectivity index (χ2n) is 6.40. The number of halogens is 3. The van der Waals surface area contributed by atoms with Gasteiger partial charge in [-0.3, -0.25) is 9.59 Å². The molecule has 136 valence electrons. The summed E-state index contributed by atoms with van der Waals surface area (Å²) < 4.78 is 27.4. The highest BCUT2D eigenvalue weighted by atomic mass is 35.5. The van der Waals surface area contributed by atoms with Crippen molar-refractivity contribution < 1.29 is 18.4 Å². The monoisotopic (exact) mass is 378 g/mol. The Hall–Kier alpha value is -2.47. The van der Waals surface area contributed by atoms with Crippen LogP contribution in [0.15, 0.2) is 30.3 Å². The number of hydrogen-bond donors (Lipinski definition) is 1. The average molecular weight is 379 g/mol. The van der Waals surface area contributed by atoms with E-state index in [2.05, 4.69) is 5.32 Å². The van der Waals surface area contributed by atoms with Gasteiger partial charge in [0.05, 0.1) is 16.6 Å². The normalized spacial score (nSPS) is 16.9. The Morgan fingerprint density at radius 1 is 1.23 bits per heavy atom. The van der Waals surface area contributed by atoms with Crippen molar-refractivity contribution in [3.63, 3.8) is 0 Å². The van der Waals surface area contributed by atoms with Gasteiger partial charge in [0.1, 0.15) is 17.3 Å². The van der Waals surface area contributed by atoms with Crippen LogP contribution in [0.2, 0.25) is 5.02 Å². The summed E-state index contributed by atoms with van der Waals surface area (Å²) in [4.78, 5) is 26.3. The van der Waals surface area contributed by atoms with E-state index in [-0.39, 0.29) is 18.9 Å². The molecule has 26 heavy (non-hydrogen) atoms. The molecule has 1 atom stereocenters. The van der Waals surface area contributed by atoms with Crippen LogP contribution in [0.5, 0.6) is 0 Å². The maximum Gasteiger partial charge on any atom is 0.229 e. The van der Waals surface area contributed by atoms with Crippen molar-refractivity contribution in [2.75, 3.05) is 16.8 Å². The summed E-state index contributed by atoms with van der Waals surface area (Å²) in [6, 6.07) is 6.97. The first-order valence-electron chi connectivity index (χ1n) is 8.10. The molecule has 7 heteroatoms. The zero-order chi connectivity index (χ0) is 19.0. The van der Waals surface area contributed by atoms with E-state index < -0.39 is 29.1 Å². The van der Waals surface area contributed by atoms with E-state index >= 15 is 0 Å². The number of amides is 2. The summed E-state index contributed by atoms with van der Waals surface area (Å²) in [5.41, 5.74) is 1.85. The minimum absolute atomic E-state index is 0.0500. The summed E-state index contributed by atoms with van der Waals surface area (Å²) in [5, 5.41) is 2.68. The molecule has 1 aliphatic heterocycles.